The van der Waals surface area contributed by atoms with Crippen molar-refractivity contribution in [2.45, 2.75) is 44.3 Å². The van der Waals surface area contributed by atoms with E-state index in [0.29, 0.717) is 18.1 Å². The minimum atomic E-state index is 0.301. The fraction of sp³-hybridized carbons (Fsp3) is 0.538. The van der Waals surface area contributed by atoms with Gasteiger partial charge in [0.15, 0.2) is 0 Å². The molecule has 1 aliphatic rings. The lowest BCUT2D eigenvalue weighted by Gasteiger charge is -2.14. The van der Waals surface area contributed by atoms with Crippen molar-refractivity contribution < 1.29 is 0 Å². The summed E-state index contributed by atoms with van der Waals surface area (Å²) in [5, 5.41) is 0. The summed E-state index contributed by atoms with van der Waals surface area (Å²) in [4.78, 5) is 0. The first-order chi connectivity index (χ1) is 8.19. The molecule has 4 heteroatoms. The average Bonchev–Trinajstić information content (AvgIpc) is 2.77. The highest BCUT2D eigenvalue weighted by Crippen LogP contribution is 2.26. The third-order valence-corrected chi connectivity index (χ3v) is 3.84. The first kappa shape index (κ1) is 13.0. The second-order valence-corrected chi connectivity index (χ2v) is 5.65. The van der Waals surface area contributed by atoms with Crippen LogP contribution in [0.4, 0.5) is 0 Å². The normalized spacial score (nSPS) is 26.1. The fourth-order valence-corrected chi connectivity index (χ4v) is 2.67. The van der Waals surface area contributed by atoms with Crippen LogP contribution in [0.2, 0.25) is 0 Å². The zero-order valence-corrected chi connectivity index (χ0v) is 11.7. The van der Waals surface area contributed by atoms with Gasteiger partial charge in [-0.2, -0.15) is 0 Å². The molecule has 0 aromatic heterocycles. The Balaban J connectivity index is 1.93. The SMILES string of the molecule is CCC(N)CC1CC(c2cccc(Br)c2)NN1. The highest BCUT2D eigenvalue weighted by molar-refractivity contribution is 9.10. The number of hydrogen-bond donors (Lipinski definition) is 3. The smallest absolute Gasteiger partial charge is 0.0478 e. The Morgan fingerprint density at radius 2 is 2.29 bits per heavy atom. The van der Waals surface area contributed by atoms with Crippen LogP contribution >= 0.6 is 15.9 Å². The van der Waals surface area contributed by atoms with E-state index >= 15 is 0 Å². The van der Waals surface area contributed by atoms with Gasteiger partial charge in [-0.25, -0.2) is 0 Å². The van der Waals surface area contributed by atoms with Gasteiger partial charge >= 0.3 is 0 Å². The summed E-state index contributed by atoms with van der Waals surface area (Å²) in [6.45, 7) is 2.14. The minimum Gasteiger partial charge on any atom is -0.328 e. The maximum atomic E-state index is 5.99. The van der Waals surface area contributed by atoms with E-state index in [0.717, 1.165) is 23.7 Å². The molecule has 3 atom stereocenters. The van der Waals surface area contributed by atoms with Crippen LogP contribution in [0.3, 0.4) is 0 Å². The number of nitrogens with two attached hydrogens (primary N) is 1. The minimum absolute atomic E-state index is 0.301. The summed E-state index contributed by atoms with van der Waals surface area (Å²) < 4.78 is 1.13. The molecule has 1 aliphatic heterocycles. The first-order valence-corrected chi connectivity index (χ1v) is 7.00. The van der Waals surface area contributed by atoms with Gasteiger partial charge in [0.1, 0.15) is 0 Å². The van der Waals surface area contributed by atoms with Crippen molar-refractivity contribution >= 4 is 15.9 Å². The van der Waals surface area contributed by atoms with Crippen LogP contribution in [0.25, 0.3) is 0 Å². The molecule has 4 N–H and O–H groups in total. The van der Waals surface area contributed by atoms with Gasteiger partial charge in [-0.05, 0) is 37.0 Å². The van der Waals surface area contributed by atoms with Gasteiger partial charge in [0.2, 0.25) is 0 Å². The molecule has 0 radical (unpaired) electrons. The predicted molar refractivity (Wildman–Crippen MR) is 74.4 cm³/mol. The van der Waals surface area contributed by atoms with Gasteiger partial charge in [0, 0.05) is 22.6 Å². The van der Waals surface area contributed by atoms with Crippen molar-refractivity contribution in [1.82, 2.24) is 10.9 Å². The molecule has 1 aromatic carbocycles. The van der Waals surface area contributed by atoms with Crippen LogP contribution in [-0.2, 0) is 0 Å². The largest absolute Gasteiger partial charge is 0.328 e. The lowest BCUT2D eigenvalue weighted by atomic mass is 9.98. The molecule has 2 rings (SSSR count). The van der Waals surface area contributed by atoms with E-state index in [2.05, 4.69) is 58.0 Å². The number of nitrogens with one attached hydrogen (secondary N) is 2. The molecule has 1 heterocycles. The Morgan fingerprint density at radius 1 is 1.47 bits per heavy atom. The molecular formula is C13H20BrN3. The van der Waals surface area contributed by atoms with E-state index in [9.17, 15) is 0 Å². The van der Waals surface area contributed by atoms with Gasteiger partial charge < -0.3 is 5.73 Å². The van der Waals surface area contributed by atoms with Gasteiger partial charge in [-0.3, -0.25) is 10.9 Å². The highest BCUT2D eigenvalue weighted by atomic mass is 79.9. The highest BCUT2D eigenvalue weighted by Gasteiger charge is 2.25. The van der Waals surface area contributed by atoms with Gasteiger partial charge in [0.25, 0.3) is 0 Å². The van der Waals surface area contributed by atoms with Crippen molar-refractivity contribution in [1.29, 1.82) is 0 Å². The topological polar surface area (TPSA) is 50.1 Å². The quantitative estimate of drug-likeness (QED) is 0.800. The average molecular weight is 298 g/mol. The zero-order valence-electron chi connectivity index (χ0n) is 10.1. The van der Waals surface area contributed by atoms with Crippen LogP contribution in [0.15, 0.2) is 28.7 Å². The summed E-state index contributed by atoms with van der Waals surface area (Å²) >= 11 is 3.51. The van der Waals surface area contributed by atoms with Crippen molar-refractivity contribution in [2.75, 3.05) is 0 Å². The van der Waals surface area contributed by atoms with E-state index < -0.39 is 0 Å². The van der Waals surface area contributed by atoms with E-state index in [1.54, 1.807) is 0 Å². The second-order valence-electron chi connectivity index (χ2n) is 4.73. The summed E-state index contributed by atoms with van der Waals surface area (Å²) in [6.07, 6.45) is 3.18. The Hall–Kier alpha value is -0.420. The maximum Gasteiger partial charge on any atom is 0.0478 e. The molecule has 1 fully saturated rings. The standard InChI is InChI=1S/C13H20BrN3/c1-2-11(15)7-12-8-13(17-16-12)9-4-3-5-10(14)6-9/h3-6,11-13,16-17H,2,7-8,15H2,1H3. The lowest BCUT2D eigenvalue weighted by Crippen LogP contribution is -2.35. The molecule has 0 saturated carbocycles. The van der Waals surface area contributed by atoms with E-state index in [-0.39, 0.29) is 0 Å². The van der Waals surface area contributed by atoms with Crippen LogP contribution in [0.5, 0.6) is 0 Å². The molecule has 1 aromatic rings. The summed E-state index contributed by atoms with van der Waals surface area (Å²) in [5.41, 5.74) is 14.0. The second kappa shape index (κ2) is 5.96. The Kier molecular flexibility index (Phi) is 4.56. The monoisotopic (exact) mass is 297 g/mol. The molecule has 0 aliphatic carbocycles. The predicted octanol–water partition coefficient (Wildman–Crippen LogP) is 2.48. The molecule has 1 saturated heterocycles. The number of hydrazine groups is 1. The summed E-state index contributed by atoms with van der Waals surface area (Å²) in [7, 11) is 0. The summed E-state index contributed by atoms with van der Waals surface area (Å²) in [6, 6.07) is 9.63. The van der Waals surface area contributed by atoms with Crippen LogP contribution < -0.4 is 16.6 Å². The molecule has 0 amide bonds. The van der Waals surface area contributed by atoms with E-state index in [1.165, 1.54) is 5.56 Å². The van der Waals surface area contributed by atoms with E-state index in [1.807, 2.05) is 0 Å². The van der Waals surface area contributed by atoms with E-state index in [4.69, 9.17) is 5.73 Å². The fourth-order valence-electron chi connectivity index (χ4n) is 2.25. The molecule has 0 bridgehead atoms. The van der Waals surface area contributed by atoms with Gasteiger partial charge in [-0.15, -0.1) is 0 Å². The van der Waals surface area contributed by atoms with Gasteiger partial charge in [0.05, 0.1) is 0 Å². The van der Waals surface area contributed by atoms with Crippen LogP contribution in [0, 0.1) is 0 Å². The molecule has 17 heavy (non-hydrogen) atoms. The maximum absolute atomic E-state index is 5.99. The van der Waals surface area contributed by atoms with Crippen molar-refractivity contribution in [3.63, 3.8) is 0 Å². The van der Waals surface area contributed by atoms with Crippen LogP contribution in [0.1, 0.15) is 37.8 Å². The molecule has 0 spiro atoms. The number of hydrogen-bond acceptors (Lipinski definition) is 3. The Bertz CT molecular complexity index is 369. The number of benzene rings is 1. The van der Waals surface area contributed by atoms with Crippen molar-refractivity contribution in [3.8, 4) is 0 Å². The van der Waals surface area contributed by atoms with Crippen molar-refractivity contribution in [2.24, 2.45) is 5.73 Å². The van der Waals surface area contributed by atoms with Crippen LogP contribution in [-0.4, -0.2) is 12.1 Å². The first-order valence-electron chi connectivity index (χ1n) is 6.21. The Morgan fingerprint density at radius 3 is 3.00 bits per heavy atom. The Labute approximate surface area is 111 Å². The third kappa shape index (κ3) is 3.52. The lowest BCUT2D eigenvalue weighted by molar-refractivity contribution is 0.460. The van der Waals surface area contributed by atoms with Crippen molar-refractivity contribution in [3.05, 3.63) is 34.3 Å². The third-order valence-electron chi connectivity index (χ3n) is 3.34. The zero-order chi connectivity index (χ0) is 12.3. The summed E-state index contributed by atoms with van der Waals surface area (Å²) in [5.74, 6) is 0. The number of rotatable bonds is 4. The number of halogens is 1. The van der Waals surface area contributed by atoms with Gasteiger partial charge in [-0.1, -0.05) is 35.0 Å². The molecule has 3 unspecified atom stereocenters. The molecule has 3 nitrogen and oxygen atoms in total. The molecule has 94 valence electrons. The molecular weight excluding hydrogens is 278 g/mol.